The van der Waals surface area contributed by atoms with E-state index < -0.39 is 0 Å². The summed E-state index contributed by atoms with van der Waals surface area (Å²) in [6.45, 7) is 1.00. The van der Waals surface area contributed by atoms with Crippen LogP contribution in [0.5, 0.6) is 0 Å². The lowest BCUT2D eigenvalue weighted by molar-refractivity contribution is -0.151. The number of cyclic esters (lactones) is 2. The van der Waals surface area contributed by atoms with Crippen LogP contribution in [0.25, 0.3) is 0 Å². The largest absolute Gasteiger partial charge is 0.465 e. The Morgan fingerprint density at radius 1 is 0.722 bits per heavy atom. The smallest absolute Gasteiger partial charge is 0.305 e. The standard InChI is InChI=1S/C14H22O4/c15-13-7-3-1-5-11(9-17-13)12-6-2-4-8-14(16)18-10-12/h11-12H,1-10H2. The monoisotopic (exact) mass is 254 g/mol. The lowest BCUT2D eigenvalue weighted by atomic mass is 9.84. The van der Waals surface area contributed by atoms with Crippen molar-refractivity contribution in [3.8, 4) is 0 Å². The van der Waals surface area contributed by atoms with E-state index in [9.17, 15) is 9.59 Å². The first-order valence-electron chi connectivity index (χ1n) is 7.07. The van der Waals surface area contributed by atoms with E-state index in [1.54, 1.807) is 0 Å². The molecule has 2 unspecified atom stereocenters. The molecule has 2 rings (SSSR count). The Morgan fingerprint density at radius 3 is 1.61 bits per heavy atom. The van der Waals surface area contributed by atoms with Crippen LogP contribution in [0.15, 0.2) is 0 Å². The van der Waals surface area contributed by atoms with Gasteiger partial charge in [0.15, 0.2) is 0 Å². The second-order valence-corrected chi connectivity index (χ2v) is 5.38. The normalized spacial score (nSPS) is 31.3. The van der Waals surface area contributed by atoms with Gasteiger partial charge in [-0.25, -0.2) is 0 Å². The highest BCUT2D eigenvalue weighted by molar-refractivity contribution is 5.69. The van der Waals surface area contributed by atoms with E-state index >= 15 is 0 Å². The van der Waals surface area contributed by atoms with Crippen molar-refractivity contribution in [2.24, 2.45) is 11.8 Å². The first kappa shape index (κ1) is 13.4. The summed E-state index contributed by atoms with van der Waals surface area (Å²) < 4.78 is 10.5. The Hall–Kier alpha value is -1.06. The number of hydrogen-bond donors (Lipinski definition) is 0. The van der Waals surface area contributed by atoms with Gasteiger partial charge in [-0.2, -0.15) is 0 Å². The number of esters is 2. The average molecular weight is 254 g/mol. The van der Waals surface area contributed by atoms with Crippen molar-refractivity contribution in [1.82, 2.24) is 0 Å². The summed E-state index contributed by atoms with van der Waals surface area (Å²) >= 11 is 0. The summed E-state index contributed by atoms with van der Waals surface area (Å²) in [5, 5.41) is 0. The van der Waals surface area contributed by atoms with Gasteiger partial charge in [0.1, 0.15) is 0 Å². The molecule has 0 aromatic carbocycles. The molecule has 2 aliphatic heterocycles. The molecule has 4 nitrogen and oxygen atoms in total. The molecule has 0 aromatic heterocycles. The number of hydrogen-bond acceptors (Lipinski definition) is 4. The van der Waals surface area contributed by atoms with Crippen molar-refractivity contribution in [3.63, 3.8) is 0 Å². The minimum Gasteiger partial charge on any atom is -0.465 e. The van der Waals surface area contributed by atoms with Crippen LogP contribution in [0.3, 0.4) is 0 Å². The molecular weight excluding hydrogens is 232 g/mol. The molecule has 2 heterocycles. The van der Waals surface area contributed by atoms with Crippen LogP contribution in [0.2, 0.25) is 0 Å². The van der Waals surface area contributed by atoms with Gasteiger partial charge >= 0.3 is 11.9 Å². The van der Waals surface area contributed by atoms with Gasteiger partial charge in [-0.15, -0.1) is 0 Å². The topological polar surface area (TPSA) is 52.6 Å². The van der Waals surface area contributed by atoms with Crippen molar-refractivity contribution < 1.29 is 19.1 Å². The van der Waals surface area contributed by atoms with Crippen LogP contribution in [-0.2, 0) is 19.1 Å². The maximum Gasteiger partial charge on any atom is 0.305 e. The van der Waals surface area contributed by atoms with Gasteiger partial charge in [0.05, 0.1) is 13.2 Å². The fourth-order valence-corrected chi connectivity index (χ4v) is 2.81. The quantitative estimate of drug-likeness (QED) is 0.674. The molecule has 0 amide bonds. The second kappa shape index (κ2) is 6.76. The molecule has 0 bridgehead atoms. The minimum atomic E-state index is -0.0810. The maximum atomic E-state index is 11.3. The van der Waals surface area contributed by atoms with Crippen LogP contribution < -0.4 is 0 Å². The third-order valence-corrected chi connectivity index (χ3v) is 4.00. The summed E-state index contributed by atoms with van der Waals surface area (Å²) in [5.74, 6) is 0.561. The summed E-state index contributed by atoms with van der Waals surface area (Å²) in [7, 11) is 0. The Morgan fingerprint density at radius 2 is 1.17 bits per heavy atom. The molecule has 2 aliphatic rings. The van der Waals surface area contributed by atoms with E-state index in [2.05, 4.69) is 0 Å². The summed E-state index contributed by atoms with van der Waals surface area (Å²) in [6, 6.07) is 0. The zero-order valence-electron chi connectivity index (χ0n) is 10.9. The number of rotatable bonds is 1. The summed E-state index contributed by atoms with van der Waals surface area (Å²) in [6.07, 6.45) is 7.24. The molecule has 2 saturated heterocycles. The molecule has 102 valence electrons. The van der Waals surface area contributed by atoms with E-state index in [1.165, 1.54) is 0 Å². The van der Waals surface area contributed by atoms with Crippen LogP contribution in [0, 0.1) is 11.8 Å². The Balaban J connectivity index is 1.89. The molecule has 2 fully saturated rings. The van der Waals surface area contributed by atoms with Crippen LogP contribution in [0.1, 0.15) is 51.4 Å². The van der Waals surface area contributed by atoms with Crippen molar-refractivity contribution in [2.75, 3.05) is 13.2 Å². The predicted molar refractivity (Wildman–Crippen MR) is 65.8 cm³/mol. The van der Waals surface area contributed by atoms with E-state index in [4.69, 9.17) is 9.47 Å². The van der Waals surface area contributed by atoms with E-state index in [1.807, 2.05) is 0 Å². The molecule has 18 heavy (non-hydrogen) atoms. The van der Waals surface area contributed by atoms with Crippen molar-refractivity contribution in [3.05, 3.63) is 0 Å². The first-order chi connectivity index (χ1) is 8.75. The van der Waals surface area contributed by atoms with Gasteiger partial charge in [0.2, 0.25) is 0 Å². The summed E-state index contributed by atoms with van der Waals surface area (Å²) in [5.41, 5.74) is 0. The van der Waals surface area contributed by atoms with Crippen LogP contribution in [-0.4, -0.2) is 25.2 Å². The van der Waals surface area contributed by atoms with Gasteiger partial charge in [0, 0.05) is 12.8 Å². The number of carbonyl (C=O) groups is 2. The van der Waals surface area contributed by atoms with Crippen LogP contribution >= 0.6 is 0 Å². The highest BCUT2D eigenvalue weighted by Gasteiger charge is 2.26. The van der Waals surface area contributed by atoms with E-state index in [0.717, 1.165) is 38.5 Å². The molecule has 0 aromatic rings. The predicted octanol–water partition coefficient (Wildman–Crippen LogP) is 2.45. The van der Waals surface area contributed by atoms with Gasteiger partial charge in [-0.3, -0.25) is 9.59 Å². The second-order valence-electron chi connectivity index (χ2n) is 5.38. The van der Waals surface area contributed by atoms with Crippen molar-refractivity contribution >= 4 is 11.9 Å². The maximum absolute atomic E-state index is 11.3. The van der Waals surface area contributed by atoms with E-state index in [0.29, 0.717) is 37.9 Å². The zero-order chi connectivity index (χ0) is 12.8. The SMILES string of the molecule is O=C1CCCCC(C2CCCCC(=O)OC2)CO1. The fourth-order valence-electron chi connectivity index (χ4n) is 2.81. The lowest BCUT2D eigenvalue weighted by Gasteiger charge is -2.29. The van der Waals surface area contributed by atoms with Crippen LogP contribution in [0.4, 0.5) is 0 Å². The molecule has 2 atom stereocenters. The highest BCUT2D eigenvalue weighted by Crippen LogP contribution is 2.28. The Kier molecular flexibility index (Phi) is 5.02. The highest BCUT2D eigenvalue weighted by atomic mass is 16.5. The third kappa shape index (κ3) is 4.00. The molecule has 4 heteroatoms. The molecule has 0 N–H and O–H groups in total. The summed E-state index contributed by atoms with van der Waals surface area (Å²) in [4.78, 5) is 22.7. The average Bonchev–Trinajstić information content (AvgIpc) is 2.31. The van der Waals surface area contributed by atoms with Gasteiger partial charge in [0.25, 0.3) is 0 Å². The van der Waals surface area contributed by atoms with Gasteiger partial charge < -0.3 is 9.47 Å². The zero-order valence-corrected chi connectivity index (χ0v) is 10.9. The van der Waals surface area contributed by atoms with Crippen molar-refractivity contribution in [2.45, 2.75) is 51.4 Å². The molecule has 0 radical (unpaired) electrons. The van der Waals surface area contributed by atoms with Gasteiger partial charge in [-0.05, 0) is 37.5 Å². The fraction of sp³-hybridized carbons (Fsp3) is 0.857. The van der Waals surface area contributed by atoms with Crippen molar-refractivity contribution in [1.29, 1.82) is 0 Å². The Labute approximate surface area is 108 Å². The van der Waals surface area contributed by atoms with Gasteiger partial charge in [-0.1, -0.05) is 12.8 Å². The third-order valence-electron chi connectivity index (χ3n) is 4.00. The molecule has 0 spiro atoms. The lowest BCUT2D eigenvalue weighted by Crippen LogP contribution is -2.29. The molecule has 0 saturated carbocycles. The number of carbonyl (C=O) groups excluding carboxylic acids is 2. The minimum absolute atomic E-state index is 0.0810. The molecule has 0 aliphatic carbocycles. The first-order valence-corrected chi connectivity index (χ1v) is 7.07. The van der Waals surface area contributed by atoms with E-state index in [-0.39, 0.29) is 11.9 Å². The Bertz CT molecular complexity index is 270. The molecular formula is C14H22O4. The number of ether oxygens (including phenoxy) is 2.